The van der Waals surface area contributed by atoms with Gasteiger partial charge in [-0.25, -0.2) is 8.42 Å². The second-order valence-electron chi connectivity index (χ2n) is 9.02. The zero-order chi connectivity index (χ0) is 25.4. The highest BCUT2D eigenvalue weighted by Crippen LogP contribution is 2.23. The van der Waals surface area contributed by atoms with E-state index in [1.165, 1.54) is 17.4 Å². The highest BCUT2D eigenvalue weighted by atomic mass is 35.5. The molecule has 0 radical (unpaired) electrons. The molecule has 0 aliphatic heterocycles. The van der Waals surface area contributed by atoms with Crippen LogP contribution in [0.4, 0.5) is 5.69 Å². The quantitative estimate of drug-likeness (QED) is 0.505. The Balaban J connectivity index is 1.89. The third-order valence-electron chi connectivity index (χ3n) is 6.31. The fourth-order valence-electron chi connectivity index (χ4n) is 4.49. The summed E-state index contributed by atoms with van der Waals surface area (Å²) < 4.78 is 26.3. The van der Waals surface area contributed by atoms with Crippen molar-refractivity contribution in [2.24, 2.45) is 0 Å². The molecule has 0 heterocycles. The molecule has 3 rings (SSSR count). The van der Waals surface area contributed by atoms with Crippen LogP contribution in [0.3, 0.4) is 0 Å². The molecule has 0 spiro atoms. The average Bonchev–Trinajstić information content (AvgIpc) is 2.82. The molecule has 2 aromatic rings. The van der Waals surface area contributed by atoms with E-state index >= 15 is 0 Å². The van der Waals surface area contributed by atoms with Crippen LogP contribution < -0.4 is 9.62 Å². The zero-order valence-corrected chi connectivity index (χ0v) is 21.9. The Labute approximate surface area is 213 Å². The van der Waals surface area contributed by atoms with Gasteiger partial charge in [-0.1, -0.05) is 74.2 Å². The molecule has 1 N–H and O–H groups in total. The number of nitrogens with zero attached hydrogens (tertiary/aromatic N) is 2. The first-order valence-corrected chi connectivity index (χ1v) is 14.3. The molecule has 1 fully saturated rings. The molecule has 35 heavy (non-hydrogen) atoms. The Hall–Kier alpha value is -2.58. The van der Waals surface area contributed by atoms with E-state index in [0.29, 0.717) is 17.1 Å². The van der Waals surface area contributed by atoms with Crippen LogP contribution in [0.15, 0.2) is 54.6 Å². The molecule has 9 heteroatoms. The monoisotopic (exact) mass is 519 g/mol. The molecule has 7 nitrogen and oxygen atoms in total. The Morgan fingerprint density at radius 3 is 2.34 bits per heavy atom. The molecular weight excluding hydrogens is 486 g/mol. The molecule has 1 saturated carbocycles. The van der Waals surface area contributed by atoms with Gasteiger partial charge < -0.3 is 10.2 Å². The number of carbonyl (C=O) groups excluding carboxylic acids is 2. The molecule has 0 unspecified atom stereocenters. The number of nitrogens with one attached hydrogen (secondary N) is 1. The largest absolute Gasteiger partial charge is 0.352 e. The normalized spacial score (nSPS) is 15.3. The Morgan fingerprint density at radius 2 is 1.74 bits per heavy atom. The van der Waals surface area contributed by atoms with Crippen molar-refractivity contribution in [3.05, 3.63) is 65.2 Å². The van der Waals surface area contributed by atoms with E-state index in [0.717, 1.165) is 41.8 Å². The summed E-state index contributed by atoms with van der Waals surface area (Å²) in [7, 11) is -3.78. The van der Waals surface area contributed by atoms with Crippen LogP contribution >= 0.6 is 11.6 Å². The van der Waals surface area contributed by atoms with Crippen molar-refractivity contribution in [2.45, 2.75) is 64.1 Å². The molecule has 0 aromatic heterocycles. The summed E-state index contributed by atoms with van der Waals surface area (Å²) in [6.45, 7) is 1.63. The number of hydrogen-bond acceptors (Lipinski definition) is 4. The summed E-state index contributed by atoms with van der Waals surface area (Å²) in [5.74, 6) is -0.651. The van der Waals surface area contributed by atoms with Gasteiger partial charge in [-0.3, -0.25) is 13.9 Å². The van der Waals surface area contributed by atoms with E-state index in [1.807, 2.05) is 37.3 Å². The highest BCUT2D eigenvalue weighted by Gasteiger charge is 2.32. The van der Waals surface area contributed by atoms with Crippen LogP contribution in [-0.4, -0.2) is 50.0 Å². The number of benzene rings is 2. The minimum Gasteiger partial charge on any atom is -0.352 e. The minimum atomic E-state index is -3.78. The highest BCUT2D eigenvalue weighted by molar-refractivity contribution is 7.92. The van der Waals surface area contributed by atoms with Gasteiger partial charge in [0.05, 0.1) is 11.9 Å². The smallest absolute Gasteiger partial charge is 0.244 e. The standard InChI is InChI=1S/C26H34ClN3O4S/c1-3-24(26(32)28-22-14-8-5-9-15-22)29(18-20-11-6-4-7-12-20)25(31)19-30(35(2,33)34)23-16-10-13-21(27)17-23/h4,6-7,10-13,16-17,22,24H,3,5,8-9,14-15,18-19H2,1-2H3,(H,28,32)/t24-/m0/s1. The first kappa shape index (κ1) is 27.0. The third-order valence-corrected chi connectivity index (χ3v) is 7.68. The minimum absolute atomic E-state index is 0.109. The maximum atomic E-state index is 13.7. The summed E-state index contributed by atoms with van der Waals surface area (Å²) in [6, 6.07) is 15.2. The molecule has 2 aromatic carbocycles. The molecule has 1 atom stereocenters. The van der Waals surface area contributed by atoms with E-state index in [1.54, 1.807) is 18.2 Å². The van der Waals surface area contributed by atoms with Crippen molar-refractivity contribution >= 4 is 39.1 Å². The lowest BCUT2D eigenvalue weighted by molar-refractivity contribution is -0.140. The lowest BCUT2D eigenvalue weighted by Gasteiger charge is -2.34. The van der Waals surface area contributed by atoms with Gasteiger partial charge in [0.15, 0.2) is 0 Å². The number of rotatable bonds is 10. The topological polar surface area (TPSA) is 86.8 Å². The summed E-state index contributed by atoms with van der Waals surface area (Å²) in [5, 5.41) is 3.50. The molecular formula is C26H34ClN3O4S. The third kappa shape index (κ3) is 7.70. The zero-order valence-electron chi connectivity index (χ0n) is 20.3. The average molecular weight is 520 g/mol. The van der Waals surface area contributed by atoms with E-state index in [4.69, 9.17) is 11.6 Å². The predicted molar refractivity (Wildman–Crippen MR) is 140 cm³/mol. The fourth-order valence-corrected chi connectivity index (χ4v) is 5.51. The van der Waals surface area contributed by atoms with Crippen LogP contribution in [0.25, 0.3) is 0 Å². The fraction of sp³-hybridized carbons (Fsp3) is 0.462. The van der Waals surface area contributed by atoms with Crippen molar-refractivity contribution in [2.75, 3.05) is 17.1 Å². The molecule has 190 valence electrons. The van der Waals surface area contributed by atoms with Crippen LogP contribution in [0.5, 0.6) is 0 Å². The Morgan fingerprint density at radius 1 is 1.06 bits per heavy atom. The van der Waals surface area contributed by atoms with Crippen molar-refractivity contribution in [3.8, 4) is 0 Å². The van der Waals surface area contributed by atoms with E-state index in [-0.39, 0.29) is 18.5 Å². The first-order valence-electron chi connectivity index (χ1n) is 12.1. The SMILES string of the molecule is CC[C@@H](C(=O)NC1CCCCC1)N(Cc1ccccc1)C(=O)CN(c1cccc(Cl)c1)S(C)(=O)=O. The van der Waals surface area contributed by atoms with Gasteiger partial charge in [-0.2, -0.15) is 0 Å². The predicted octanol–water partition coefficient (Wildman–Crippen LogP) is 4.36. The molecule has 0 saturated heterocycles. The van der Waals surface area contributed by atoms with Crippen LogP contribution in [0.2, 0.25) is 5.02 Å². The first-order chi connectivity index (χ1) is 16.7. The van der Waals surface area contributed by atoms with E-state index < -0.39 is 28.5 Å². The van der Waals surface area contributed by atoms with Gasteiger partial charge in [0, 0.05) is 17.6 Å². The maximum Gasteiger partial charge on any atom is 0.244 e. The second-order valence-corrected chi connectivity index (χ2v) is 11.4. The van der Waals surface area contributed by atoms with Crippen LogP contribution in [0, 0.1) is 0 Å². The van der Waals surface area contributed by atoms with Gasteiger partial charge in [0.2, 0.25) is 21.8 Å². The van der Waals surface area contributed by atoms with Crippen LogP contribution in [-0.2, 0) is 26.2 Å². The number of halogens is 1. The lowest BCUT2D eigenvalue weighted by atomic mass is 9.95. The Bertz CT molecular complexity index is 1100. The van der Waals surface area contributed by atoms with Gasteiger partial charge in [-0.05, 0) is 43.0 Å². The van der Waals surface area contributed by atoms with Crippen molar-refractivity contribution < 1.29 is 18.0 Å². The molecule has 1 aliphatic carbocycles. The van der Waals surface area contributed by atoms with Gasteiger partial charge in [-0.15, -0.1) is 0 Å². The van der Waals surface area contributed by atoms with Gasteiger partial charge in [0.25, 0.3) is 0 Å². The van der Waals surface area contributed by atoms with Gasteiger partial charge >= 0.3 is 0 Å². The summed E-state index contributed by atoms with van der Waals surface area (Å²) >= 11 is 6.08. The molecule has 0 bridgehead atoms. The van der Waals surface area contributed by atoms with E-state index in [9.17, 15) is 18.0 Å². The number of sulfonamides is 1. The summed E-state index contributed by atoms with van der Waals surface area (Å²) in [5.41, 5.74) is 1.16. The summed E-state index contributed by atoms with van der Waals surface area (Å²) in [6.07, 6.45) is 6.67. The second kappa shape index (κ2) is 12.4. The summed E-state index contributed by atoms with van der Waals surface area (Å²) in [4.78, 5) is 28.5. The van der Waals surface area contributed by atoms with E-state index in [2.05, 4.69) is 5.32 Å². The van der Waals surface area contributed by atoms with Crippen LogP contribution in [0.1, 0.15) is 51.0 Å². The van der Waals surface area contributed by atoms with Crippen molar-refractivity contribution in [1.82, 2.24) is 10.2 Å². The number of carbonyl (C=O) groups is 2. The maximum absolute atomic E-state index is 13.7. The van der Waals surface area contributed by atoms with Crippen molar-refractivity contribution in [1.29, 1.82) is 0 Å². The lowest BCUT2D eigenvalue weighted by Crippen LogP contribution is -2.53. The molecule has 1 aliphatic rings. The van der Waals surface area contributed by atoms with Gasteiger partial charge in [0.1, 0.15) is 12.6 Å². The number of hydrogen-bond donors (Lipinski definition) is 1. The number of anilines is 1. The number of amides is 2. The molecule has 2 amide bonds. The Kier molecular flexibility index (Phi) is 9.57. The van der Waals surface area contributed by atoms with Crippen molar-refractivity contribution in [3.63, 3.8) is 0 Å².